The van der Waals surface area contributed by atoms with Crippen molar-refractivity contribution in [3.05, 3.63) is 10.6 Å². The molecule has 1 aromatic heterocycles. The quantitative estimate of drug-likeness (QED) is 0.795. The van der Waals surface area contributed by atoms with Crippen molar-refractivity contribution in [1.29, 1.82) is 0 Å². The van der Waals surface area contributed by atoms with Crippen molar-refractivity contribution in [3.8, 4) is 0 Å². The number of amides is 2. The number of anilines is 1. The van der Waals surface area contributed by atoms with E-state index in [2.05, 4.69) is 22.2 Å². The Morgan fingerprint density at radius 3 is 2.59 bits per heavy atom. The van der Waals surface area contributed by atoms with E-state index >= 15 is 0 Å². The summed E-state index contributed by atoms with van der Waals surface area (Å²) in [6.07, 6.45) is 5.14. The predicted octanol–water partition coefficient (Wildman–Crippen LogP) is 1.47. The number of likely N-dealkylation sites (tertiary alicyclic amines) is 1. The number of carbonyl (C=O) groups excluding carboxylic acids is 2. The van der Waals surface area contributed by atoms with Crippen LogP contribution in [0.5, 0.6) is 0 Å². The van der Waals surface area contributed by atoms with Gasteiger partial charge >= 0.3 is 11.8 Å². The topological polar surface area (TPSA) is 65.5 Å². The highest BCUT2D eigenvalue weighted by molar-refractivity contribution is 7.16. The third kappa shape index (κ3) is 3.47. The van der Waals surface area contributed by atoms with E-state index in [0.29, 0.717) is 18.2 Å². The first-order valence-corrected chi connectivity index (χ1v) is 8.72. The summed E-state index contributed by atoms with van der Waals surface area (Å²) in [6.45, 7) is 3.22. The summed E-state index contributed by atoms with van der Waals surface area (Å²) in [5.74, 6) is -0.978. The van der Waals surface area contributed by atoms with Gasteiger partial charge in [0, 0.05) is 37.5 Å². The maximum Gasteiger partial charge on any atom is 0.315 e. The molecule has 120 valence electrons. The van der Waals surface area contributed by atoms with Crippen LogP contribution in [0.4, 0.5) is 5.13 Å². The van der Waals surface area contributed by atoms with Crippen LogP contribution in [-0.4, -0.2) is 53.3 Å². The van der Waals surface area contributed by atoms with Gasteiger partial charge in [-0.3, -0.25) is 14.9 Å². The first kappa shape index (κ1) is 15.4. The minimum absolute atomic E-state index is 0.424. The molecular weight excluding hydrogens is 300 g/mol. The number of nitrogens with one attached hydrogen (secondary N) is 1. The molecule has 2 aliphatic rings. The summed E-state index contributed by atoms with van der Waals surface area (Å²) in [6, 6.07) is 0. The first-order valence-electron chi connectivity index (χ1n) is 7.91. The molecule has 0 saturated carbocycles. The fourth-order valence-corrected chi connectivity index (χ4v) is 4.03. The smallest absolute Gasteiger partial charge is 0.315 e. The van der Waals surface area contributed by atoms with E-state index in [9.17, 15) is 9.59 Å². The fourth-order valence-electron chi connectivity index (χ4n) is 2.94. The highest BCUT2D eigenvalue weighted by atomic mass is 32.1. The molecular formula is C15H22N4O2S. The second-order valence-electron chi connectivity index (χ2n) is 6.04. The summed E-state index contributed by atoms with van der Waals surface area (Å²) in [7, 11) is 2.07. The number of nitrogens with zero attached hydrogens (tertiary/aromatic N) is 3. The molecule has 0 aromatic carbocycles. The van der Waals surface area contributed by atoms with Crippen molar-refractivity contribution in [2.75, 3.05) is 32.0 Å². The summed E-state index contributed by atoms with van der Waals surface area (Å²) in [5.41, 5.74) is 1.06. The normalized spacial score (nSPS) is 19.4. The van der Waals surface area contributed by atoms with Crippen LogP contribution in [-0.2, 0) is 22.6 Å². The van der Waals surface area contributed by atoms with E-state index in [1.54, 1.807) is 4.90 Å². The summed E-state index contributed by atoms with van der Waals surface area (Å²) in [5, 5.41) is 3.24. The molecule has 22 heavy (non-hydrogen) atoms. The molecule has 3 rings (SSSR count). The third-order valence-corrected chi connectivity index (χ3v) is 5.23. The summed E-state index contributed by atoms with van der Waals surface area (Å²) in [4.78, 5) is 33.9. The van der Waals surface area contributed by atoms with Crippen LogP contribution in [0.25, 0.3) is 0 Å². The average Bonchev–Trinajstić information content (AvgIpc) is 2.72. The molecule has 0 bridgehead atoms. The maximum absolute atomic E-state index is 12.2. The molecule has 0 aliphatic carbocycles. The second-order valence-corrected chi connectivity index (χ2v) is 7.12. The molecule has 1 fully saturated rings. The van der Waals surface area contributed by atoms with Gasteiger partial charge in [0.15, 0.2) is 5.13 Å². The molecule has 3 heterocycles. The zero-order valence-corrected chi connectivity index (χ0v) is 13.7. The lowest BCUT2D eigenvalue weighted by Gasteiger charge is -2.20. The number of rotatable bonds is 1. The lowest BCUT2D eigenvalue weighted by Crippen LogP contribution is -2.40. The molecule has 0 unspecified atom stereocenters. The van der Waals surface area contributed by atoms with Gasteiger partial charge < -0.3 is 9.80 Å². The lowest BCUT2D eigenvalue weighted by molar-refractivity contribution is -0.143. The number of hydrogen-bond donors (Lipinski definition) is 1. The van der Waals surface area contributed by atoms with Gasteiger partial charge in [-0.25, -0.2) is 4.98 Å². The van der Waals surface area contributed by atoms with Crippen molar-refractivity contribution in [1.82, 2.24) is 14.8 Å². The largest absolute Gasteiger partial charge is 0.334 e. The van der Waals surface area contributed by atoms with Crippen LogP contribution in [0.2, 0.25) is 0 Å². The van der Waals surface area contributed by atoms with Gasteiger partial charge in [-0.1, -0.05) is 12.8 Å². The Morgan fingerprint density at radius 1 is 1.14 bits per heavy atom. The zero-order valence-electron chi connectivity index (χ0n) is 12.9. The standard InChI is InChI=1S/C15H22N4O2S/c1-18-9-6-11-12(10-18)22-15(16-11)17-13(20)14(21)19-7-4-2-3-5-8-19/h2-10H2,1H3,(H,16,17,20). The van der Waals surface area contributed by atoms with Crippen LogP contribution in [0, 0.1) is 0 Å². The minimum Gasteiger partial charge on any atom is -0.334 e. The van der Waals surface area contributed by atoms with Crippen LogP contribution in [0.15, 0.2) is 0 Å². The number of hydrogen-bond acceptors (Lipinski definition) is 5. The molecule has 2 amide bonds. The molecule has 0 radical (unpaired) electrons. The van der Waals surface area contributed by atoms with Crippen LogP contribution >= 0.6 is 11.3 Å². The number of carbonyl (C=O) groups is 2. The van der Waals surface area contributed by atoms with Crippen molar-refractivity contribution < 1.29 is 9.59 Å². The molecule has 6 nitrogen and oxygen atoms in total. The Labute approximate surface area is 134 Å². The van der Waals surface area contributed by atoms with E-state index < -0.39 is 11.8 Å². The Hall–Kier alpha value is -1.47. The van der Waals surface area contributed by atoms with Crippen molar-refractivity contribution in [2.24, 2.45) is 0 Å². The predicted molar refractivity (Wildman–Crippen MR) is 85.8 cm³/mol. The molecule has 1 aromatic rings. The van der Waals surface area contributed by atoms with Crippen molar-refractivity contribution in [2.45, 2.75) is 38.6 Å². The Bertz CT molecular complexity index is 564. The van der Waals surface area contributed by atoms with Gasteiger partial charge in [0.05, 0.1) is 5.69 Å². The zero-order chi connectivity index (χ0) is 15.5. The maximum atomic E-state index is 12.2. The van der Waals surface area contributed by atoms with Crippen LogP contribution in [0.3, 0.4) is 0 Å². The molecule has 7 heteroatoms. The SMILES string of the molecule is CN1CCc2nc(NC(=O)C(=O)N3CCCCCC3)sc2C1. The number of thiazole rings is 1. The summed E-state index contributed by atoms with van der Waals surface area (Å²) < 4.78 is 0. The van der Waals surface area contributed by atoms with Gasteiger partial charge in [0.1, 0.15) is 0 Å². The van der Waals surface area contributed by atoms with Gasteiger partial charge in [0.25, 0.3) is 0 Å². The summed E-state index contributed by atoms with van der Waals surface area (Å²) >= 11 is 1.48. The molecule has 2 aliphatic heterocycles. The van der Waals surface area contributed by atoms with Crippen molar-refractivity contribution >= 4 is 28.3 Å². The molecule has 1 N–H and O–H groups in total. The molecule has 0 atom stereocenters. The van der Waals surface area contributed by atoms with Crippen molar-refractivity contribution in [3.63, 3.8) is 0 Å². The van der Waals surface area contributed by atoms with Gasteiger partial charge in [0.2, 0.25) is 0 Å². The Morgan fingerprint density at radius 2 is 1.86 bits per heavy atom. The molecule has 1 saturated heterocycles. The van der Waals surface area contributed by atoms with Gasteiger partial charge in [-0.15, -0.1) is 11.3 Å². The van der Waals surface area contributed by atoms with E-state index in [1.165, 1.54) is 16.2 Å². The monoisotopic (exact) mass is 322 g/mol. The number of likely N-dealkylation sites (N-methyl/N-ethyl adjacent to an activating group) is 1. The highest BCUT2D eigenvalue weighted by Crippen LogP contribution is 2.27. The van der Waals surface area contributed by atoms with E-state index in [-0.39, 0.29) is 0 Å². The van der Waals surface area contributed by atoms with Crippen LogP contribution < -0.4 is 5.32 Å². The van der Waals surface area contributed by atoms with Gasteiger partial charge in [-0.05, 0) is 19.9 Å². The fraction of sp³-hybridized carbons (Fsp3) is 0.667. The third-order valence-electron chi connectivity index (χ3n) is 4.23. The van der Waals surface area contributed by atoms with Gasteiger partial charge in [-0.2, -0.15) is 0 Å². The first-order chi connectivity index (χ1) is 10.6. The lowest BCUT2D eigenvalue weighted by atomic mass is 10.2. The van der Waals surface area contributed by atoms with E-state index in [1.807, 2.05) is 0 Å². The highest BCUT2D eigenvalue weighted by Gasteiger charge is 2.25. The number of fused-ring (bicyclic) bond motifs is 1. The minimum atomic E-state index is -0.554. The van der Waals surface area contributed by atoms with Crippen LogP contribution in [0.1, 0.15) is 36.3 Å². The Balaban J connectivity index is 1.62. The Kier molecular flexibility index (Phi) is 4.73. The number of aromatic nitrogens is 1. The van der Waals surface area contributed by atoms with E-state index in [0.717, 1.165) is 50.9 Å². The average molecular weight is 322 g/mol. The van der Waals surface area contributed by atoms with E-state index in [4.69, 9.17) is 0 Å². The second kappa shape index (κ2) is 6.75. The molecule has 0 spiro atoms.